The van der Waals surface area contributed by atoms with Gasteiger partial charge in [0.2, 0.25) is 0 Å². The van der Waals surface area contributed by atoms with Gasteiger partial charge >= 0.3 is 0 Å². The van der Waals surface area contributed by atoms with Crippen LogP contribution >= 0.6 is 0 Å². The molecule has 1 saturated carbocycles. The fourth-order valence-corrected chi connectivity index (χ4v) is 2.88. The Morgan fingerprint density at radius 3 is 2.64 bits per heavy atom. The molecule has 0 radical (unpaired) electrons. The van der Waals surface area contributed by atoms with Gasteiger partial charge < -0.3 is 9.29 Å². The van der Waals surface area contributed by atoms with Gasteiger partial charge in [0, 0.05) is 17.4 Å². The highest BCUT2D eigenvalue weighted by Gasteiger charge is 2.28. The standard InChI is InChI=1S/C17H26FNO2S/c1-12(19-22(20)17(2,3)4)14-9-15(18)11-16(10-14)21-8-7-13-5-6-13/h9-13,19H,5-8H2,1-4H3/t12-,22-/m0/s1. The Balaban J connectivity index is 1.97. The van der Waals surface area contributed by atoms with E-state index in [1.165, 1.54) is 25.0 Å². The summed E-state index contributed by atoms with van der Waals surface area (Å²) in [5.74, 6) is 1.02. The van der Waals surface area contributed by atoms with Crippen LogP contribution in [0.15, 0.2) is 18.2 Å². The zero-order chi connectivity index (χ0) is 16.3. The predicted octanol–water partition coefficient (Wildman–Crippen LogP) is 4.12. The Labute approximate surface area is 135 Å². The van der Waals surface area contributed by atoms with Crippen molar-refractivity contribution in [1.82, 2.24) is 4.72 Å². The van der Waals surface area contributed by atoms with Gasteiger partial charge in [-0.2, -0.15) is 0 Å². The molecule has 1 aliphatic rings. The van der Waals surface area contributed by atoms with Crippen LogP contribution in [0.5, 0.6) is 5.75 Å². The number of benzene rings is 1. The zero-order valence-corrected chi connectivity index (χ0v) is 14.6. The van der Waals surface area contributed by atoms with Crippen molar-refractivity contribution in [2.45, 2.75) is 57.7 Å². The fraction of sp³-hybridized carbons (Fsp3) is 0.647. The van der Waals surface area contributed by atoms with Crippen LogP contribution in [0.1, 0.15) is 58.6 Å². The highest BCUT2D eigenvalue weighted by atomic mass is 32.2. The van der Waals surface area contributed by atoms with Gasteiger partial charge in [-0.1, -0.05) is 12.8 Å². The van der Waals surface area contributed by atoms with Crippen molar-refractivity contribution in [3.63, 3.8) is 0 Å². The maximum Gasteiger partial charge on any atom is 0.136 e. The lowest BCUT2D eigenvalue weighted by Gasteiger charge is -2.26. The first-order valence-corrected chi connectivity index (χ1v) is 9.02. The molecule has 0 heterocycles. The van der Waals surface area contributed by atoms with Crippen LogP contribution in [0.25, 0.3) is 0 Å². The van der Waals surface area contributed by atoms with Crippen molar-refractivity contribution in [3.8, 4) is 5.75 Å². The smallest absolute Gasteiger partial charge is 0.136 e. The maximum atomic E-state index is 13.8. The summed E-state index contributed by atoms with van der Waals surface area (Å²) in [4.78, 5) is 0. The van der Waals surface area contributed by atoms with Crippen molar-refractivity contribution in [3.05, 3.63) is 29.6 Å². The Morgan fingerprint density at radius 1 is 1.36 bits per heavy atom. The quantitative estimate of drug-likeness (QED) is 0.766. The number of hydrogen-bond acceptors (Lipinski definition) is 3. The van der Waals surface area contributed by atoms with Crippen molar-refractivity contribution < 1.29 is 13.7 Å². The molecule has 1 aromatic carbocycles. The van der Waals surface area contributed by atoms with Gasteiger partial charge in [-0.25, -0.2) is 4.39 Å². The highest BCUT2D eigenvalue weighted by molar-refractivity contribution is 7.90. The molecule has 1 N–H and O–H groups in total. The molecule has 0 aliphatic heterocycles. The second-order valence-corrected chi connectivity index (χ2v) is 9.02. The van der Waals surface area contributed by atoms with Crippen LogP contribution < -0.4 is 9.46 Å². The Hall–Kier alpha value is -0.780. The fourth-order valence-electron chi connectivity index (χ4n) is 2.07. The minimum absolute atomic E-state index is 0.207. The SMILES string of the molecule is C[C@H](N[S@@+]([O-])C(C)(C)C)c1cc(F)cc(OCCC2CC2)c1. The van der Waals surface area contributed by atoms with E-state index in [0.29, 0.717) is 12.4 Å². The van der Waals surface area contributed by atoms with Gasteiger partial charge in [-0.15, -0.1) is 4.72 Å². The normalized spacial score (nSPS) is 18.1. The van der Waals surface area contributed by atoms with Gasteiger partial charge in [0.25, 0.3) is 0 Å². The number of ether oxygens (including phenoxy) is 1. The van der Waals surface area contributed by atoms with Crippen LogP contribution in [0.2, 0.25) is 0 Å². The summed E-state index contributed by atoms with van der Waals surface area (Å²) in [6.07, 6.45) is 3.61. The molecule has 5 heteroatoms. The van der Waals surface area contributed by atoms with Crippen molar-refractivity contribution in [1.29, 1.82) is 0 Å². The molecule has 1 fully saturated rings. The first-order chi connectivity index (χ1) is 10.3. The minimum atomic E-state index is -1.20. The summed E-state index contributed by atoms with van der Waals surface area (Å²) in [6.45, 7) is 8.22. The van der Waals surface area contributed by atoms with E-state index >= 15 is 0 Å². The van der Waals surface area contributed by atoms with E-state index < -0.39 is 11.4 Å². The Kier molecular flexibility index (Phi) is 5.75. The van der Waals surface area contributed by atoms with Crippen LogP contribution in [0.3, 0.4) is 0 Å². The van der Waals surface area contributed by atoms with Crippen LogP contribution in [-0.4, -0.2) is 15.9 Å². The highest BCUT2D eigenvalue weighted by Crippen LogP contribution is 2.32. The van der Waals surface area contributed by atoms with Gasteiger partial charge in [0.1, 0.15) is 16.3 Å². The van der Waals surface area contributed by atoms with Crippen molar-refractivity contribution >= 4 is 11.4 Å². The molecule has 2 atom stereocenters. The monoisotopic (exact) mass is 327 g/mol. The third kappa shape index (κ3) is 5.45. The van der Waals surface area contributed by atoms with E-state index in [1.54, 1.807) is 0 Å². The van der Waals surface area contributed by atoms with E-state index in [4.69, 9.17) is 4.74 Å². The second-order valence-electron chi connectivity index (χ2n) is 7.02. The topological polar surface area (TPSA) is 44.3 Å². The first-order valence-electron chi connectivity index (χ1n) is 7.87. The Morgan fingerprint density at radius 2 is 2.05 bits per heavy atom. The molecule has 0 saturated heterocycles. The third-order valence-electron chi connectivity index (χ3n) is 3.73. The number of hydrogen-bond donors (Lipinski definition) is 1. The summed E-state index contributed by atoms with van der Waals surface area (Å²) >= 11 is -1.20. The summed E-state index contributed by atoms with van der Waals surface area (Å²) in [6, 6.07) is 4.49. The summed E-state index contributed by atoms with van der Waals surface area (Å²) in [5.41, 5.74) is 0.749. The lowest BCUT2D eigenvalue weighted by Crippen LogP contribution is -2.40. The van der Waals surface area contributed by atoms with Crippen molar-refractivity contribution in [2.24, 2.45) is 5.92 Å². The molecule has 22 heavy (non-hydrogen) atoms. The zero-order valence-electron chi connectivity index (χ0n) is 13.8. The van der Waals surface area contributed by atoms with Gasteiger partial charge in [-0.3, -0.25) is 0 Å². The molecular weight excluding hydrogens is 301 g/mol. The number of rotatable bonds is 7. The van der Waals surface area contributed by atoms with Gasteiger partial charge in [0.05, 0.1) is 12.6 Å². The molecule has 2 rings (SSSR count). The summed E-state index contributed by atoms with van der Waals surface area (Å²) < 4.78 is 34.2. The first kappa shape index (κ1) is 17.6. The molecule has 1 aromatic rings. The molecule has 3 nitrogen and oxygen atoms in total. The molecule has 0 bridgehead atoms. The number of nitrogens with one attached hydrogen (secondary N) is 1. The van der Waals surface area contributed by atoms with Crippen LogP contribution in [-0.2, 0) is 11.4 Å². The van der Waals surface area contributed by atoms with E-state index in [1.807, 2.05) is 33.8 Å². The van der Waals surface area contributed by atoms with Gasteiger partial charge in [-0.05, 0) is 57.7 Å². The predicted molar refractivity (Wildman–Crippen MR) is 88.7 cm³/mol. The largest absolute Gasteiger partial charge is 0.598 e. The molecule has 0 unspecified atom stereocenters. The summed E-state index contributed by atoms with van der Waals surface area (Å²) in [5, 5.41) is 0. The Bertz CT molecular complexity index is 500. The summed E-state index contributed by atoms with van der Waals surface area (Å²) in [7, 11) is 0. The van der Waals surface area contributed by atoms with E-state index in [2.05, 4.69) is 4.72 Å². The minimum Gasteiger partial charge on any atom is -0.598 e. The maximum absolute atomic E-state index is 13.8. The average Bonchev–Trinajstić information content (AvgIpc) is 3.21. The molecule has 0 aromatic heterocycles. The van der Waals surface area contributed by atoms with Crippen molar-refractivity contribution in [2.75, 3.05) is 6.61 Å². The lowest BCUT2D eigenvalue weighted by atomic mass is 10.1. The van der Waals surface area contributed by atoms with Crippen LogP contribution in [0.4, 0.5) is 4.39 Å². The third-order valence-corrected chi connectivity index (χ3v) is 5.41. The lowest BCUT2D eigenvalue weighted by molar-refractivity contribution is 0.300. The van der Waals surface area contributed by atoms with E-state index in [9.17, 15) is 8.94 Å². The number of halogens is 1. The van der Waals surface area contributed by atoms with E-state index in [-0.39, 0.29) is 16.6 Å². The van der Waals surface area contributed by atoms with Crippen LogP contribution in [0, 0.1) is 11.7 Å². The molecule has 0 spiro atoms. The molecule has 124 valence electrons. The molecular formula is C17H26FNO2S. The molecule has 1 aliphatic carbocycles. The van der Waals surface area contributed by atoms with E-state index in [0.717, 1.165) is 17.9 Å². The van der Waals surface area contributed by atoms with Gasteiger partial charge in [0.15, 0.2) is 0 Å². The average molecular weight is 327 g/mol. The second kappa shape index (κ2) is 7.20. The molecule has 0 amide bonds.